The Kier molecular flexibility index (Phi) is 3.64. The summed E-state index contributed by atoms with van der Waals surface area (Å²) < 4.78 is 18.4. The summed E-state index contributed by atoms with van der Waals surface area (Å²) in [7, 11) is 0. The molecule has 21 heavy (non-hydrogen) atoms. The van der Waals surface area contributed by atoms with Gasteiger partial charge in [-0.25, -0.2) is 4.39 Å². The van der Waals surface area contributed by atoms with Crippen molar-refractivity contribution in [3.8, 4) is 11.5 Å². The van der Waals surface area contributed by atoms with Gasteiger partial charge in [-0.3, -0.25) is 0 Å². The summed E-state index contributed by atoms with van der Waals surface area (Å²) >= 11 is 0. The van der Waals surface area contributed by atoms with Gasteiger partial charge in [0.1, 0.15) is 5.82 Å². The smallest absolute Gasteiger partial charge is 0.247 e. The maximum absolute atomic E-state index is 12.9. The number of hydrogen-bond acceptors (Lipinski definition) is 4. The molecule has 1 N–H and O–H groups in total. The maximum Gasteiger partial charge on any atom is 0.247 e. The molecule has 1 aromatic heterocycles. The molecule has 3 rings (SSSR count). The molecule has 0 amide bonds. The normalized spacial score (nSPS) is 10.6. The fourth-order valence-electron chi connectivity index (χ4n) is 1.97. The molecule has 106 valence electrons. The van der Waals surface area contributed by atoms with Gasteiger partial charge in [0.05, 0.1) is 6.54 Å². The summed E-state index contributed by atoms with van der Waals surface area (Å²) in [6.07, 6.45) is 0. The average molecular weight is 283 g/mol. The second-order valence-electron chi connectivity index (χ2n) is 4.73. The van der Waals surface area contributed by atoms with Crippen molar-refractivity contribution in [1.82, 2.24) is 10.2 Å². The lowest BCUT2D eigenvalue weighted by Gasteiger charge is -2.03. The molecule has 0 saturated heterocycles. The summed E-state index contributed by atoms with van der Waals surface area (Å²) in [6, 6.07) is 14.0. The molecular formula is C16H14FN3O. The minimum atomic E-state index is -0.292. The molecule has 5 heteroatoms. The maximum atomic E-state index is 12.9. The summed E-state index contributed by atoms with van der Waals surface area (Å²) in [6.45, 7) is 2.47. The quantitative estimate of drug-likeness (QED) is 0.791. The monoisotopic (exact) mass is 283 g/mol. The number of benzene rings is 2. The van der Waals surface area contributed by atoms with E-state index in [1.165, 1.54) is 17.7 Å². The van der Waals surface area contributed by atoms with Crippen LogP contribution in [0.5, 0.6) is 0 Å². The van der Waals surface area contributed by atoms with E-state index in [1.807, 2.05) is 31.2 Å². The highest BCUT2D eigenvalue weighted by atomic mass is 19.1. The number of nitrogens with one attached hydrogen (secondary N) is 1. The zero-order valence-corrected chi connectivity index (χ0v) is 11.5. The third-order valence-corrected chi connectivity index (χ3v) is 3.02. The highest BCUT2D eigenvalue weighted by Crippen LogP contribution is 2.18. The molecule has 0 spiro atoms. The molecule has 0 aliphatic heterocycles. The van der Waals surface area contributed by atoms with E-state index >= 15 is 0 Å². The Morgan fingerprint density at radius 1 is 1.10 bits per heavy atom. The van der Waals surface area contributed by atoms with Gasteiger partial charge in [-0.1, -0.05) is 12.1 Å². The Hall–Kier alpha value is -2.69. The van der Waals surface area contributed by atoms with Crippen molar-refractivity contribution < 1.29 is 8.81 Å². The average Bonchev–Trinajstić information content (AvgIpc) is 2.95. The molecule has 0 atom stereocenters. The van der Waals surface area contributed by atoms with Gasteiger partial charge in [0.15, 0.2) is 0 Å². The Balaban J connectivity index is 1.69. The zero-order valence-electron chi connectivity index (χ0n) is 11.5. The number of aromatic nitrogens is 2. The summed E-state index contributed by atoms with van der Waals surface area (Å²) in [5.41, 5.74) is 2.87. The van der Waals surface area contributed by atoms with Crippen LogP contribution in [0.2, 0.25) is 0 Å². The Bertz CT molecular complexity index is 737. The highest BCUT2D eigenvalue weighted by molar-refractivity contribution is 5.52. The minimum absolute atomic E-state index is 0.292. The first-order chi connectivity index (χ1) is 10.2. The van der Waals surface area contributed by atoms with Gasteiger partial charge >= 0.3 is 0 Å². The van der Waals surface area contributed by atoms with Crippen molar-refractivity contribution in [3.05, 3.63) is 65.8 Å². The molecule has 0 fully saturated rings. The van der Waals surface area contributed by atoms with Gasteiger partial charge in [-0.15, -0.1) is 10.2 Å². The van der Waals surface area contributed by atoms with Crippen LogP contribution in [0.1, 0.15) is 11.5 Å². The van der Waals surface area contributed by atoms with Crippen LogP contribution >= 0.6 is 0 Å². The number of aryl methyl sites for hydroxylation is 1. The summed E-state index contributed by atoms with van der Waals surface area (Å²) in [5.74, 6) is 0.575. The van der Waals surface area contributed by atoms with E-state index in [2.05, 4.69) is 15.5 Å². The van der Waals surface area contributed by atoms with Crippen LogP contribution in [-0.4, -0.2) is 10.2 Å². The van der Waals surface area contributed by atoms with Gasteiger partial charge < -0.3 is 9.73 Å². The third kappa shape index (κ3) is 3.25. The predicted octanol–water partition coefficient (Wildman–Crippen LogP) is 3.80. The lowest BCUT2D eigenvalue weighted by atomic mass is 10.2. The minimum Gasteiger partial charge on any atom is -0.419 e. The molecule has 1 heterocycles. The van der Waals surface area contributed by atoms with E-state index in [0.29, 0.717) is 23.9 Å². The molecular weight excluding hydrogens is 269 g/mol. The molecule has 0 radical (unpaired) electrons. The Labute approximate surface area is 121 Å². The number of halogens is 1. The first-order valence-corrected chi connectivity index (χ1v) is 6.59. The van der Waals surface area contributed by atoms with Crippen LogP contribution in [0.4, 0.5) is 10.1 Å². The third-order valence-electron chi connectivity index (χ3n) is 3.02. The van der Waals surface area contributed by atoms with Gasteiger partial charge in [-0.2, -0.15) is 0 Å². The van der Waals surface area contributed by atoms with Crippen molar-refractivity contribution in [2.75, 3.05) is 5.32 Å². The number of anilines is 1. The first-order valence-electron chi connectivity index (χ1n) is 6.59. The van der Waals surface area contributed by atoms with Crippen molar-refractivity contribution in [2.45, 2.75) is 13.5 Å². The van der Waals surface area contributed by atoms with Crippen molar-refractivity contribution in [1.29, 1.82) is 0 Å². The van der Waals surface area contributed by atoms with Crippen LogP contribution in [0.25, 0.3) is 11.5 Å². The standard InChI is InChI=1S/C16H14FN3O/c1-11-3-2-4-14(9-11)18-10-15-19-20-16(21-15)12-5-7-13(17)8-6-12/h2-9,18H,10H2,1H3. The first kappa shape index (κ1) is 13.3. The molecule has 0 saturated carbocycles. The summed E-state index contributed by atoms with van der Waals surface area (Å²) in [4.78, 5) is 0. The largest absolute Gasteiger partial charge is 0.419 e. The highest BCUT2D eigenvalue weighted by Gasteiger charge is 2.08. The molecule has 3 aromatic rings. The van der Waals surface area contributed by atoms with Crippen molar-refractivity contribution in [2.24, 2.45) is 0 Å². The zero-order chi connectivity index (χ0) is 14.7. The van der Waals surface area contributed by atoms with E-state index in [9.17, 15) is 4.39 Å². The SMILES string of the molecule is Cc1cccc(NCc2nnc(-c3ccc(F)cc3)o2)c1. The van der Waals surface area contributed by atoms with E-state index < -0.39 is 0 Å². The van der Waals surface area contributed by atoms with E-state index in [-0.39, 0.29) is 5.82 Å². The Morgan fingerprint density at radius 2 is 1.90 bits per heavy atom. The predicted molar refractivity (Wildman–Crippen MR) is 78.2 cm³/mol. The lowest BCUT2D eigenvalue weighted by Crippen LogP contribution is -1.99. The van der Waals surface area contributed by atoms with E-state index in [4.69, 9.17) is 4.42 Å². The molecule has 2 aromatic carbocycles. The number of hydrogen-bond donors (Lipinski definition) is 1. The van der Waals surface area contributed by atoms with Gasteiger partial charge in [0.2, 0.25) is 11.8 Å². The molecule has 0 bridgehead atoms. The van der Waals surface area contributed by atoms with Crippen LogP contribution in [0.15, 0.2) is 52.9 Å². The summed E-state index contributed by atoms with van der Waals surface area (Å²) in [5, 5.41) is 11.2. The van der Waals surface area contributed by atoms with Crippen LogP contribution in [0.3, 0.4) is 0 Å². The molecule has 0 aliphatic rings. The van der Waals surface area contributed by atoms with Crippen molar-refractivity contribution in [3.63, 3.8) is 0 Å². The van der Waals surface area contributed by atoms with Gasteiger partial charge in [0.25, 0.3) is 0 Å². The van der Waals surface area contributed by atoms with E-state index in [0.717, 1.165) is 5.69 Å². The van der Waals surface area contributed by atoms with Gasteiger partial charge in [0, 0.05) is 11.3 Å². The second kappa shape index (κ2) is 5.75. The number of nitrogens with zero attached hydrogens (tertiary/aromatic N) is 2. The molecule has 4 nitrogen and oxygen atoms in total. The fraction of sp³-hybridized carbons (Fsp3) is 0.125. The topological polar surface area (TPSA) is 51.0 Å². The molecule has 0 aliphatic carbocycles. The van der Waals surface area contributed by atoms with Crippen molar-refractivity contribution >= 4 is 5.69 Å². The van der Waals surface area contributed by atoms with Gasteiger partial charge in [-0.05, 0) is 48.9 Å². The van der Waals surface area contributed by atoms with Crippen LogP contribution < -0.4 is 5.32 Å². The van der Waals surface area contributed by atoms with Crippen LogP contribution in [0, 0.1) is 12.7 Å². The number of rotatable bonds is 4. The second-order valence-corrected chi connectivity index (χ2v) is 4.73. The fourth-order valence-corrected chi connectivity index (χ4v) is 1.97. The lowest BCUT2D eigenvalue weighted by molar-refractivity contribution is 0.515. The van der Waals surface area contributed by atoms with E-state index in [1.54, 1.807) is 12.1 Å². The molecule has 0 unspecified atom stereocenters. The Morgan fingerprint density at radius 3 is 2.67 bits per heavy atom. The van der Waals surface area contributed by atoms with Crippen LogP contribution in [-0.2, 0) is 6.54 Å².